The van der Waals surface area contributed by atoms with Crippen LogP contribution in [-0.2, 0) is 0 Å². The molecular weight excluding hydrogens is 280 g/mol. The van der Waals surface area contributed by atoms with Gasteiger partial charge in [0.15, 0.2) is 0 Å². The standard InChI is InChI=1S/C12H13BrN4/c1-7-5-8(2)17(16-7)11-6-9(13)3-4-10(11)12(14)15/h3-6H,1-2H3,(H3,14,15). The summed E-state index contributed by atoms with van der Waals surface area (Å²) in [5.74, 6) is 0.0417. The van der Waals surface area contributed by atoms with E-state index in [1.165, 1.54) is 0 Å². The first-order chi connectivity index (χ1) is 7.99. The Morgan fingerprint density at radius 2 is 2.06 bits per heavy atom. The molecule has 0 unspecified atom stereocenters. The number of nitrogens with one attached hydrogen (secondary N) is 1. The normalized spacial score (nSPS) is 10.5. The van der Waals surface area contributed by atoms with Gasteiger partial charge in [-0.05, 0) is 38.1 Å². The molecule has 0 radical (unpaired) electrons. The molecule has 0 saturated carbocycles. The monoisotopic (exact) mass is 292 g/mol. The summed E-state index contributed by atoms with van der Waals surface area (Å²) in [7, 11) is 0. The lowest BCUT2D eigenvalue weighted by Crippen LogP contribution is -2.15. The molecule has 0 atom stereocenters. The number of aromatic nitrogens is 2. The Labute approximate surface area is 108 Å². The fraction of sp³-hybridized carbons (Fsp3) is 0.167. The van der Waals surface area contributed by atoms with E-state index < -0.39 is 0 Å². The predicted octanol–water partition coefficient (Wildman–Crippen LogP) is 2.54. The molecule has 5 heteroatoms. The average Bonchev–Trinajstić information content (AvgIpc) is 2.57. The zero-order valence-corrected chi connectivity index (χ0v) is 11.2. The highest BCUT2D eigenvalue weighted by molar-refractivity contribution is 9.10. The minimum atomic E-state index is 0.0417. The fourth-order valence-electron chi connectivity index (χ4n) is 1.78. The number of nitrogens with two attached hydrogens (primary N) is 1. The highest BCUT2D eigenvalue weighted by atomic mass is 79.9. The van der Waals surface area contributed by atoms with Crippen LogP contribution in [-0.4, -0.2) is 15.6 Å². The zero-order chi connectivity index (χ0) is 12.6. The van der Waals surface area contributed by atoms with Crippen molar-refractivity contribution in [2.75, 3.05) is 0 Å². The molecule has 0 aliphatic rings. The highest BCUT2D eigenvalue weighted by Crippen LogP contribution is 2.21. The van der Waals surface area contributed by atoms with Gasteiger partial charge in [-0.2, -0.15) is 5.10 Å². The second-order valence-electron chi connectivity index (χ2n) is 3.91. The number of rotatable bonds is 2. The SMILES string of the molecule is Cc1cc(C)n(-c2cc(Br)ccc2C(=N)N)n1. The summed E-state index contributed by atoms with van der Waals surface area (Å²) < 4.78 is 2.74. The Balaban J connectivity index is 2.69. The Morgan fingerprint density at radius 3 is 2.59 bits per heavy atom. The van der Waals surface area contributed by atoms with Gasteiger partial charge < -0.3 is 5.73 Å². The van der Waals surface area contributed by atoms with Crippen molar-refractivity contribution in [1.29, 1.82) is 5.41 Å². The number of nitrogen functional groups attached to an aromatic ring is 1. The van der Waals surface area contributed by atoms with E-state index in [1.54, 1.807) is 4.68 Å². The first kappa shape index (κ1) is 11.9. The van der Waals surface area contributed by atoms with E-state index in [2.05, 4.69) is 21.0 Å². The van der Waals surface area contributed by atoms with Gasteiger partial charge in [-0.1, -0.05) is 15.9 Å². The quantitative estimate of drug-likeness (QED) is 0.660. The van der Waals surface area contributed by atoms with Gasteiger partial charge in [0.2, 0.25) is 0 Å². The third-order valence-corrected chi connectivity index (χ3v) is 2.98. The number of nitrogens with zero attached hydrogens (tertiary/aromatic N) is 2. The number of aryl methyl sites for hydroxylation is 2. The van der Waals surface area contributed by atoms with Crippen LogP contribution in [0.4, 0.5) is 0 Å². The van der Waals surface area contributed by atoms with Crippen molar-refractivity contribution in [3.8, 4) is 5.69 Å². The van der Waals surface area contributed by atoms with E-state index in [1.807, 2.05) is 38.1 Å². The van der Waals surface area contributed by atoms with Crippen LogP contribution in [0, 0.1) is 19.3 Å². The van der Waals surface area contributed by atoms with Crippen molar-refractivity contribution in [3.63, 3.8) is 0 Å². The van der Waals surface area contributed by atoms with E-state index in [4.69, 9.17) is 11.1 Å². The Morgan fingerprint density at radius 1 is 1.35 bits per heavy atom. The molecule has 0 aliphatic heterocycles. The van der Waals surface area contributed by atoms with E-state index in [0.717, 1.165) is 21.5 Å². The largest absolute Gasteiger partial charge is 0.384 e. The molecule has 1 aromatic heterocycles. The second-order valence-corrected chi connectivity index (χ2v) is 4.83. The van der Waals surface area contributed by atoms with Crippen molar-refractivity contribution >= 4 is 21.8 Å². The van der Waals surface area contributed by atoms with Crippen molar-refractivity contribution < 1.29 is 0 Å². The Kier molecular flexibility index (Phi) is 3.02. The lowest BCUT2D eigenvalue weighted by molar-refractivity contribution is 0.831. The van der Waals surface area contributed by atoms with Crippen LogP contribution in [0.5, 0.6) is 0 Å². The molecule has 2 aromatic rings. The van der Waals surface area contributed by atoms with E-state index >= 15 is 0 Å². The summed E-state index contributed by atoms with van der Waals surface area (Å²) in [6, 6.07) is 7.59. The topological polar surface area (TPSA) is 67.7 Å². The minimum absolute atomic E-state index is 0.0417. The summed E-state index contributed by atoms with van der Waals surface area (Å²) in [5, 5.41) is 12.0. The van der Waals surface area contributed by atoms with Gasteiger partial charge in [-0.15, -0.1) is 0 Å². The smallest absolute Gasteiger partial charge is 0.124 e. The summed E-state index contributed by atoms with van der Waals surface area (Å²) in [6.07, 6.45) is 0. The molecule has 0 fully saturated rings. The van der Waals surface area contributed by atoms with Crippen LogP contribution in [0.3, 0.4) is 0 Å². The highest BCUT2D eigenvalue weighted by Gasteiger charge is 2.11. The molecule has 17 heavy (non-hydrogen) atoms. The maximum atomic E-state index is 7.59. The molecule has 0 saturated heterocycles. The van der Waals surface area contributed by atoms with Gasteiger partial charge in [-0.3, -0.25) is 5.41 Å². The van der Waals surface area contributed by atoms with Gasteiger partial charge in [0.05, 0.1) is 11.4 Å². The molecule has 4 nitrogen and oxygen atoms in total. The number of hydrogen-bond acceptors (Lipinski definition) is 2. The maximum Gasteiger partial charge on any atom is 0.124 e. The molecular formula is C12H13BrN4. The molecule has 2 rings (SSSR count). The van der Waals surface area contributed by atoms with Crippen LogP contribution in [0.25, 0.3) is 5.69 Å². The van der Waals surface area contributed by atoms with Crippen LogP contribution in [0.1, 0.15) is 17.0 Å². The van der Waals surface area contributed by atoms with Crippen molar-refractivity contribution in [2.24, 2.45) is 5.73 Å². The molecule has 0 aliphatic carbocycles. The number of hydrogen-bond donors (Lipinski definition) is 2. The fourth-order valence-corrected chi connectivity index (χ4v) is 2.13. The van der Waals surface area contributed by atoms with Crippen LogP contribution >= 0.6 is 15.9 Å². The van der Waals surface area contributed by atoms with Gasteiger partial charge in [0.25, 0.3) is 0 Å². The zero-order valence-electron chi connectivity index (χ0n) is 9.66. The summed E-state index contributed by atoms with van der Waals surface area (Å²) in [4.78, 5) is 0. The minimum Gasteiger partial charge on any atom is -0.384 e. The third-order valence-electron chi connectivity index (χ3n) is 2.49. The predicted molar refractivity (Wildman–Crippen MR) is 71.8 cm³/mol. The summed E-state index contributed by atoms with van der Waals surface area (Å²) >= 11 is 3.42. The number of benzene rings is 1. The van der Waals surface area contributed by atoms with Gasteiger partial charge in [0.1, 0.15) is 5.84 Å². The summed E-state index contributed by atoms with van der Waals surface area (Å²) in [5.41, 5.74) is 9.04. The number of halogens is 1. The summed E-state index contributed by atoms with van der Waals surface area (Å²) in [6.45, 7) is 3.92. The lowest BCUT2D eigenvalue weighted by atomic mass is 10.1. The molecule has 88 valence electrons. The Hall–Kier alpha value is -1.62. The van der Waals surface area contributed by atoms with E-state index in [9.17, 15) is 0 Å². The van der Waals surface area contributed by atoms with Crippen LogP contribution in [0.2, 0.25) is 0 Å². The second kappa shape index (κ2) is 4.33. The van der Waals surface area contributed by atoms with Crippen LogP contribution < -0.4 is 5.73 Å². The van der Waals surface area contributed by atoms with Crippen molar-refractivity contribution in [2.45, 2.75) is 13.8 Å². The third kappa shape index (κ3) is 2.24. The molecule has 0 spiro atoms. The lowest BCUT2D eigenvalue weighted by Gasteiger charge is -2.10. The van der Waals surface area contributed by atoms with Gasteiger partial charge >= 0.3 is 0 Å². The van der Waals surface area contributed by atoms with Gasteiger partial charge in [-0.25, -0.2) is 4.68 Å². The van der Waals surface area contributed by atoms with Crippen molar-refractivity contribution in [3.05, 3.63) is 45.7 Å². The van der Waals surface area contributed by atoms with E-state index in [0.29, 0.717) is 5.56 Å². The first-order valence-electron chi connectivity index (χ1n) is 5.16. The first-order valence-corrected chi connectivity index (χ1v) is 5.96. The average molecular weight is 293 g/mol. The molecule has 0 bridgehead atoms. The van der Waals surface area contributed by atoms with Gasteiger partial charge in [0, 0.05) is 15.7 Å². The molecule has 1 aromatic carbocycles. The maximum absolute atomic E-state index is 7.59. The van der Waals surface area contributed by atoms with Crippen LogP contribution in [0.15, 0.2) is 28.7 Å². The van der Waals surface area contributed by atoms with Crippen molar-refractivity contribution in [1.82, 2.24) is 9.78 Å². The number of amidine groups is 1. The molecule has 3 N–H and O–H groups in total. The molecule has 1 heterocycles. The van der Waals surface area contributed by atoms with E-state index in [-0.39, 0.29) is 5.84 Å². The molecule has 0 amide bonds. The Bertz CT molecular complexity index is 586.